The Hall–Kier alpha value is -2.28. The Balaban J connectivity index is 1.58. The zero-order valence-corrected chi connectivity index (χ0v) is 16.2. The lowest BCUT2D eigenvalue weighted by Crippen LogP contribution is -2.14. The number of carbonyl (C=O) groups excluding carboxylic acids is 1. The molecule has 1 aliphatic carbocycles. The van der Waals surface area contributed by atoms with Crippen LogP contribution in [0.3, 0.4) is 0 Å². The molecular weight excluding hydrogens is 362 g/mol. The minimum atomic E-state index is -0.0883. The number of nitriles is 2. The van der Waals surface area contributed by atoms with Crippen molar-refractivity contribution in [3.05, 3.63) is 51.4 Å². The Morgan fingerprint density at radius 3 is 3.00 bits per heavy atom. The average molecular weight is 382 g/mol. The summed E-state index contributed by atoms with van der Waals surface area (Å²) in [5.74, 6) is 1.54. The molecule has 0 saturated carbocycles. The molecule has 1 aromatic carbocycles. The van der Waals surface area contributed by atoms with E-state index < -0.39 is 0 Å². The van der Waals surface area contributed by atoms with Gasteiger partial charge in [-0.1, -0.05) is 19.1 Å². The number of hydrogen-bond acceptors (Lipinski definition) is 5. The second-order valence-corrected chi connectivity index (χ2v) is 8.61. The molecule has 6 heteroatoms. The highest BCUT2D eigenvalue weighted by Crippen LogP contribution is 2.39. The fourth-order valence-corrected chi connectivity index (χ4v) is 5.26. The number of hydrogen-bond donors (Lipinski definition) is 1. The van der Waals surface area contributed by atoms with Crippen molar-refractivity contribution in [1.29, 1.82) is 10.5 Å². The van der Waals surface area contributed by atoms with Gasteiger partial charge in [-0.05, 0) is 48.4 Å². The highest BCUT2D eigenvalue weighted by atomic mass is 32.2. The van der Waals surface area contributed by atoms with Gasteiger partial charge >= 0.3 is 0 Å². The Morgan fingerprint density at radius 2 is 2.23 bits per heavy atom. The highest BCUT2D eigenvalue weighted by molar-refractivity contribution is 7.99. The molecule has 1 atom stereocenters. The number of fused-ring (bicyclic) bond motifs is 1. The molecule has 1 aliphatic rings. The highest BCUT2D eigenvalue weighted by Gasteiger charge is 2.24. The molecule has 1 N–H and O–H groups in total. The van der Waals surface area contributed by atoms with Crippen LogP contribution in [-0.4, -0.2) is 11.7 Å². The fraction of sp³-hybridized carbons (Fsp3) is 0.350. The van der Waals surface area contributed by atoms with Crippen LogP contribution in [0.5, 0.6) is 0 Å². The van der Waals surface area contributed by atoms with Gasteiger partial charge in [0.2, 0.25) is 5.91 Å². The third kappa shape index (κ3) is 4.27. The SMILES string of the molecule is CC1CCc2c(sc(NC(=O)CSCc3cccc(C#N)c3)c2C#N)C1. The van der Waals surface area contributed by atoms with Gasteiger partial charge in [0.05, 0.1) is 22.9 Å². The van der Waals surface area contributed by atoms with Gasteiger partial charge in [-0.3, -0.25) is 4.79 Å². The van der Waals surface area contributed by atoms with E-state index >= 15 is 0 Å². The van der Waals surface area contributed by atoms with Crippen molar-refractivity contribution in [1.82, 2.24) is 0 Å². The number of thioether (sulfide) groups is 1. The van der Waals surface area contributed by atoms with Crippen molar-refractivity contribution in [3.8, 4) is 12.1 Å². The monoisotopic (exact) mass is 381 g/mol. The fourth-order valence-electron chi connectivity index (χ4n) is 3.11. The first-order chi connectivity index (χ1) is 12.6. The lowest BCUT2D eigenvalue weighted by atomic mass is 9.89. The van der Waals surface area contributed by atoms with Crippen LogP contribution in [0.15, 0.2) is 24.3 Å². The second kappa shape index (κ2) is 8.40. The van der Waals surface area contributed by atoms with Gasteiger partial charge in [-0.2, -0.15) is 10.5 Å². The summed E-state index contributed by atoms with van der Waals surface area (Å²) in [7, 11) is 0. The van der Waals surface area contributed by atoms with E-state index in [-0.39, 0.29) is 5.91 Å². The predicted octanol–water partition coefficient (Wildman–Crippen LogP) is 4.49. The van der Waals surface area contributed by atoms with Crippen LogP contribution in [0, 0.1) is 28.6 Å². The zero-order chi connectivity index (χ0) is 18.5. The number of thiophene rings is 1. The third-order valence-electron chi connectivity index (χ3n) is 4.43. The maximum atomic E-state index is 12.3. The number of nitrogens with zero attached hydrogens (tertiary/aromatic N) is 2. The quantitative estimate of drug-likeness (QED) is 0.828. The third-order valence-corrected chi connectivity index (χ3v) is 6.61. The van der Waals surface area contributed by atoms with Crippen LogP contribution in [0.2, 0.25) is 0 Å². The molecule has 26 heavy (non-hydrogen) atoms. The summed E-state index contributed by atoms with van der Waals surface area (Å²) in [6, 6.07) is 11.8. The lowest BCUT2D eigenvalue weighted by molar-refractivity contribution is -0.113. The number of benzene rings is 1. The average Bonchev–Trinajstić information content (AvgIpc) is 2.97. The van der Waals surface area contributed by atoms with Gasteiger partial charge in [0, 0.05) is 10.6 Å². The first-order valence-electron chi connectivity index (χ1n) is 8.52. The maximum Gasteiger partial charge on any atom is 0.235 e. The van der Waals surface area contributed by atoms with Crippen LogP contribution in [0.1, 0.15) is 40.5 Å². The van der Waals surface area contributed by atoms with E-state index in [9.17, 15) is 10.1 Å². The van der Waals surface area contributed by atoms with Crippen LogP contribution in [0.4, 0.5) is 5.00 Å². The van der Waals surface area contributed by atoms with E-state index in [1.54, 1.807) is 17.4 Å². The molecule has 1 amide bonds. The first-order valence-corrected chi connectivity index (χ1v) is 10.5. The maximum absolute atomic E-state index is 12.3. The van der Waals surface area contributed by atoms with E-state index in [2.05, 4.69) is 24.4 Å². The van der Waals surface area contributed by atoms with Crippen LogP contribution in [0.25, 0.3) is 0 Å². The molecule has 0 fully saturated rings. The summed E-state index contributed by atoms with van der Waals surface area (Å²) in [4.78, 5) is 13.5. The zero-order valence-electron chi connectivity index (χ0n) is 14.5. The summed E-state index contributed by atoms with van der Waals surface area (Å²) in [6.45, 7) is 2.23. The normalized spacial score (nSPS) is 15.6. The molecule has 132 valence electrons. The minimum absolute atomic E-state index is 0.0883. The standard InChI is InChI=1S/C20H19N3OS2/c1-13-5-6-16-17(10-22)20(26-18(16)7-13)23-19(24)12-25-11-15-4-2-3-14(8-15)9-21/h2-4,8,13H,5-7,11-12H2,1H3,(H,23,24). The van der Waals surface area contributed by atoms with E-state index in [4.69, 9.17) is 5.26 Å². The molecule has 1 heterocycles. The summed E-state index contributed by atoms with van der Waals surface area (Å²) >= 11 is 3.06. The second-order valence-electron chi connectivity index (χ2n) is 6.52. The molecule has 0 aliphatic heterocycles. The number of carbonyl (C=O) groups is 1. The van der Waals surface area contributed by atoms with Crippen molar-refractivity contribution in [2.75, 3.05) is 11.1 Å². The van der Waals surface area contributed by atoms with Gasteiger partial charge in [0.15, 0.2) is 0 Å². The summed E-state index contributed by atoms with van der Waals surface area (Å²) < 4.78 is 0. The minimum Gasteiger partial charge on any atom is -0.316 e. The summed E-state index contributed by atoms with van der Waals surface area (Å²) in [5, 5.41) is 22.0. The van der Waals surface area contributed by atoms with Crippen LogP contribution < -0.4 is 5.32 Å². The largest absolute Gasteiger partial charge is 0.316 e. The van der Waals surface area contributed by atoms with Crippen molar-refractivity contribution in [3.63, 3.8) is 0 Å². The topological polar surface area (TPSA) is 76.7 Å². The van der Waals surface area contributed by atoms with E-state index in [0.717, 1.165) is 30.4 Å². The number of amides is 1. The Labute approximate surface area is 161 Å². The van der Waals surface area contributed by atoms with Gasteiger partial charge in [-0.25, -0.2) is 0 Å². The van der Waals surface area contributed by atoms with Crippen molar-refractivity contribution < 1.29 is 4.79 Å². The van der Waals surface area contributed by atoms with Gasteiger partial charge < -0.3 is 5.32 Å². The molecule has 0 saturated heterocycles. The molecule has 3 rings (SSSR count). The van der Waals surface area contributed by atoms with Gasteiger partial charge in [0.25, 0.3) is 0 Å². The molecule has 0 spiro atoms. The predicted molar refractivity (Wildman–Crippen MR) is 106 cm³/mol. The summed E-state index contributed by atoms with van der Waals surface area (Å²) in [5.41, 5.74) is 3.44. The Bertz CT molecular complexity index is 905. The number of nitrogens with one attached hydrogen (secondary N) is 1. The van der Waals surface area contributed by atoms with E-state index in [1.165, 1.54) is 16.6 Å². The molecule has 0 radical (unpaired) electrons. The van der Waals surface area contributed by atoms with Crippen molar-refractivity contribution in [2.24, 2.45) is 5.92 Å². The smallest absolute Gasteiger partial charge is 0.235 e. The van der Waals surface area contributed by atoms with Crippen molar-refractivity contribution >= 4 is 34.0 Å². The first kappa shape index (κ1) is 18.5. The molecule has 0 bridgehead atoms. The van der Waals surface area contributed by atoms with E-state index in [1.807, 2.05) is 18.2 Å². The molecular formula is C20H19N3OS2. The van der Waals surface area contributed by atoms with E-state index in [0.29, 0.717) is 33.6 Å². The van der Waals surface area contributed by atoms with Gasteiger partial charge in [-0.15, -0.1) is 23.1 Å². The molecule has 4 nitrogen and oxygen atoms in total. The molecule has 2 aromatic rings. The lowest BCUT2D eigenvalue weighted by Gasteiger charge is -2.17. The molecule has 1 aromatic heterocycles. The van der Waals surface area contributed by atoms with Gasteiger partial charge in [0.1, 0.15) is 11.1 Å². The Kier molecular flexibility index (Phi) is 5.98. The van der Waals surface area contributed by atoms with Crippen molar-refractivity contribution in [2.45, 2.75) is 31.9 Å². The number of anilines is 1. The van der Waals surface area contributed by atoms with Crippen LogP contribution in [-0.2, 0) is 23.4 Å². The van der Waals surface area contributed by atoms with Crippen LogP contribution >= 0.6 is 23.1 Å². The Morgan fingerprint density at radius 1 is 1.38 bits per heavy atom. The summed E-state index contributed by atoms with van der Waals surface area (Å²) in [6.07, 6.45) is 3.02. The number of rotatable bonds is 5. The molecule has 1 unspecified atom stereocenters.